The van der Waals surface area contributed by atoms with E-state index in [0.29, 0.717) is 5.56 Å². The summed E-state index contributed by atoms with van der Waals surface area (Å²) in [4.78, 5) is 4.66. The quantitative estimate of drug-likeness (QED) is 0.325. The summed E-state index contributed by atoms with van der Waals surface area (Å²) in [6.07, 6.45) is 7.25. The van der Waals surface area contributed by atoms with Crippen molar-refractivity contribution in [2.75, 3.05) is 5.32 Å². The van der Waals surface area contributed by atoms with Gasteiger partial charge in [-0.25, -0.2) is 0 Å². The van der Waals surface area contributed by atoms with Crippen LogP contribution in [0.15, 0.2) is 85.2 Å². The lowest BCUT2D eigenvalue weighted by atomic mass is 9.93. The first-order valence-corrected chi connectivity index (χ1v) is 12.1. The van der Waals surface area contributed by atoms with Crippen LogP contribution >= 0.6 is 0 Å². The minimum Gasteiger partial charge on any atom is -0.393 e. The Morgan fingerprint density at radius 3 is 2.66 bits per heavy atom. The van der Waals surface area contributed by atoms with Crippen molar-refractivity contribution in [1.82, 2.24) is 9.55 Å². The van der Waals surface area contributed by atoms with Crippen molar-refractivity contribution in [3.8, 4) is 22.9 Å². The number of anilines is 1. The molecule has 0 unspecified atom stereocenters. The van der Waals surface area contributed by atoms with Crippen LogP contribution in [-0.2, 0) is 0 Å². The number of benzene rings is 3. The zero-order valence-electron chi connectivity index (χ0n) is 19.4. The summed E-state index contributed by atoms with van der Waals surface area (Å²) >= 11 is 0. The molecule has 35 heavy (non-hydrogen) atoms. The Hall–Kier alpha value is -4.14. The van der Waals surface area contributed by atoms with Crippen LogP contribution < -0.4 is 5.32 Å². The molecule has 0 atom stereocenters. The van der Waals surface area contributed by atoms with Crippen LogP contribution in [0, 0.1) is 11.3 Å². The predicted octanol–water partition coefficient (Wildman–Crippen LogP) is 6.43. The number of nitrogens with zero attached hydrogens (tertiary/aromatic N) is 3. The lowest BCUT2D eigenvalue weighted by Crippen LogP contribution is -2.28. The molecular formula is C30H26N4O. The van der Waals surface area contributed by atoms with Gasteiger partial charge in [-0.3, -0.25) is 4.98 Å². The second kappa shape index (κ2) is 8.90. The smallest absolute Gasteiger partial charge is 0.101 e. The fraction of sp³-hybridized carbons (Fsp3) is 0.200. The highest BCUT2D eigenvalue weighted by Gasteiger charge is 2.20. The van der Waals surface area contributed by atoms with Gasteiger partial charge in [0.25, 0.3) is 0 Å². The van der Waals surface area contributed by atoms with Gasteiger partial charge in [-0.2, -0.15) is 5.26 Å². The van der Waals surface area contributed by atoms with E-state index in [2.05, 4.69) is 69.6 Å². The maximum Gasteiger partial charge on any atom is 0.101 e. The average Bonchev–Trinajstić information content (AvgIpc) is 3.34. The molecule has 1 aliphatic rings. The van der Waals surface area contributed by atoms with E-state index in [1.807, 2.05) is 36.5 Å². The van der Waals surface area contributed by atoms with Gasteiger partial charge in [-0.05, 0) is 73.7 Å². The first-order valence-electron chi connectivity index (χ1n) is 12.1. The molecule has 5 heteroatoms. The first-order chi connectivity index (χ1) is 17.2. The third-order valence-electron chi connectivity index (χ3n) is 7.09. The van der Waals surface area contributed by atoms with Crippen LogP contribution in [0.2, 0.25) is 0 Å². The van der Waals surface area contributed by atoms with Crippen molar-refractivity contribution in [2.24, 2.45) is 0 Å². The molecular weight excluding hydrogens is 432 g/mol. The molecule has 0 amide bonds. The summed E-state index contributed by atoms with van der Waals surface area (Å²) in [6, 6.07) is 27.4. The molecule has 0 spiro atoms. The molecule has 1 aliphatic carbocycles. The minimum absolute atomic E-state index is 0.201. The zero-order chi connectivity index (χ0) is 23.8. The number of aromatic nitrogens is 2. The molecule has 1 saturated carbocycles. The molecule has 0 bridgehead atoms. The fourth-order valence-corrected chi connectivity index (χ4v) is 5.20. The number of nitrogens with one attached hydrogen (secondary N) is 1. The maximum atomic E-state index is 9.83. The van der Waals surface area contributed by atoms with Gasteiger partial charge in [0.15, 0.2) is 0 Å². The Balaban J connectivity index is 1.39. The third-order valence-corrected chi connectivity index (χ3v) is 7.09. The number of fused-ring (bicyclic) bond motifs is 2. The monoisotopic (exact) mass is 458 g/mol. The number of hydrogen-bond donors (Lipinski definition) is 2. The van der Waals surface area contributed by atoms with E-state index in [1.165, 1.54) is 0 Å². The van der Waals surface area contributed by atoms with Crippen molar-refractivity contribution < 1.29 is 5.11 Å². The van der Waals surface area contributed by atoms with Crippen LogP contribution in [0.4, 0.5) is 5.69 Å². The highest BCUT2D eigenvalue weighted by molar-refractivity contribution is 5.98. The standard InChI is InChI=1S/C30H26N4O/c31-18-21-8-11-24(17-29(21)33-23-9-12-25(35)13-10-23)34-15-14-27-26(5-3-7-30(27)34)22-16-20-4-1-2-6-28(20)32-19-22/h1-8,11,14-17,19,23,25,33,35H,9-10,12-13H2/t23-,25-. The molecule has 6 rings (SSSR count). The molecule has 1 fully saturated rings. The molecule has 2 N–H and O–H groups in total. The van der Waals surface area contributed by atoms with Crippen LogP contribution in [0.5, 0.6) is 0 Å². The first kappa shape index (κ1) is 21.4. The number of hydrogen-bond acceptors (Lipinski definition) is 4. The van der Waals surface area contributed by atoms with Gasteiger partial charge in [0.1, 0.15) is 6.07 Å². The molecule has 172 valence electrons. The van der Waals surface area contributed by atoms with E-state index in [-0.39, 0.29) is 12.1 Å². The lowest BCUT2D eigenvalue weighted by molar-refractivity contribution is 0.126. The van der Waals surface area contributed by atoms with Gasteiger partial charge in [0, 0.05) is 40.5 Å². The molecule has 5 aromatic rings. The van der Waals surface area contributed by atoms with E-state index >= 15 is 0 Å². The highest BCUT2D eigenvalue weighted by atomic mass is 16.3. The summed E-state index contributed by atoms with van der Waals surface area (Å²) < 4.78 is 2.17. The predicted molar refractivity (Wildman–Crippen MR) is 141 cm³/mol. The fourth-order valence-electron chi connectivity index (χ4n) is 5.20. The van der Waals surface area contributed by atoms with Crippen LogP contribution in [-0.4, -0.2) is 26.8 Å². The van der Waals surface area contributed by atoms with Crippen LogP contribution in [0.25, 0.3) is 38.6 Å². The topological polar surface area (TPSA) is 73.9 Å². The van der Waals surface area contributed by atoms with Gasteiger partial charge in [0.05, 0.1) is 28.4 Å². The van der Waals surface area contributed by atoms with Gasteiger partial charge >= 0.3 is 0 Å². The number of nitriles is 1. The normalized spacial score (nSPS) is 17.9. The van der Waals surface area contributed by atoms with E-state index < -0.39 is 0 Å². The largest absolute Gasteiger partial charge is 0.393 e. The number of pyridine rings is 1. The Morgan fingerprint density at radius 1 is 0.943 bits per heavy atom. The third kappa shape index (κ3) is 4.03. The van der Waals surface area contributed by atoms with Crippen molar-refractivity contribution in [3.05, 3.63) is 90.8 Å². The van der Waals surface area contributed by atoms with E-state index in [9.17, 15) is 10.4 Å². The summed E-state index contributed by atoms with van der Waals surface area (Å²) in [5.41, 5.74) is 6.83. The Kier molecular flexibility index (Phi) is 5.44. The van der Waals surface area contributed by atoms with Crippen molar-refractivity contribution >= 4 is 27.5 Å². The molecule has 0 radical (unpaired) electrons. The van der Waals surface area contributed by atoms with Crippen molar-refractivity contribution in [3.63, 3.8) is 0 Å². The SMILES string of the molecule is N#Cc1ccc(-n2ccc3c(-c4cnc5ccccc5c4)cccc32)cc1N[C@H]1CC[C@H](O)CC1. The number of aliphatic hydroxyl groups is 1. The lowest BCUT2D eigenvalue weighted by Gasteiger charge is -2.27. The Bertz CT molecular complexity index is 1570. The van der Waals surface area contributed by atoms with Gasteiger partial charge in [-0.1, -0.05) is 30.3 Å². The molecule has 0 aliphatic heterocycles. The minimum atomic E-state index is -0.201. The summed E-state index contributed by atoms with van der Waals surface area (Å²) in [5, 5.41) is 25.4. The van der Waals surface area contributed by atoms with Crippen LogP contribution in [0.1, 0.15) is 31.2 Å². The van der Waals surface area contributed by atoms with Gasteiger partial charge in [-0.15, -0.1) is 0 Å². The second-order valence-electron chi connectivity index (χ2n) is 9.33. The molecule has 2 aromatic heterocycles. The van der Waals surface area contributed by atoms with E-state index in [1.54, 1.807) is 0 Å². The molecule has 5 nitrogen and oxygen atoms in total. The average molecular weight is 459 g/mol. The van der Waals surface area contributed by atoms with E-state index in [0.717, 1.165) is 70.0 Å². The number of aliphatic hydroxyl groups excluding tert-OH is 1. The molecule has 2 heterocycles. The van der Waals surface area contributed by atoms with Crippen LogP contribution in [0.3, 0.4) is 0 Å². The Labute approximate surface area is 204 Å². The number of para-hydroxylation sites is 1. The summed E-state index contributed by atoms with van der Waals surface area (Å²) in [6.45, 7) is 0. The van der Waals surface area contributed by atoms with Crippen molar-refractivity contribution in [1.29, 1.82) is 5.26 Å². The summed E-state index contributed by atoms with van der Waals surface area (Å²) in [7, 11) is 0. The van der Waals surface area contributed by atoms with Gasteiger partial charge < -0.3 is 15.0 Å². The molecule has 0 saturated heterocycles. The second-order valence-corrected chi connectivity index (χ2v) is 9.33. The Morgan fingerprint density at radius 2 is 1.80 bits per heavy atom. The summed E-state index contributed by atoms with van der Waals surface area (Å²) in [5.74, 6) is 0. The zero-order valence-corrected chi connectivity index (χ0v) is 19.4. The van der Waals surface area contributed by atoms with Gasteiger partial charge in [0.2, 0.25) is 0 Å². The molecule has 3 aromatic carbocycles. The van der Waals surface area contributed by atoms with Crippen molar-refractivity contribution in [2.45, 2.75) is 37.8 Å². The maximum absolute atomic E-state index is 9.83. The highest BCUT2D eigenvalue weighted by Crippen LogP contribution is 2.33. The number of rotatable bonds is 4. The van der Waals surface area contributed by atoms with E-state index in [4.69, 9.17) is 0 Å².